The summed E-state index contributed by atoms with van der Waals surface area (Å²) in [5.74, 6) is 0. The van der Waals surface area contributed by atoms with Crippen molar-refractivity contribution in [1.29, 1.82) is 0 Å². The van der Waals surface area contributed by atoms with E-state index in [2.05, 4.69) is 9.47 Å². The summed E-state index contributed by atoms with van der Waals surface area (Å²) in [5.41, 5.74) is 0. The van der Waals surface area contributed by atoms with Crippen LogP contribution in [0.25, 0.3) is 0 Å². The zero-order valence-electron chi connectivity index (χ0n) is 9.40. The first-order chi connectivity index (χ1) is 8.74. The van der Waals surface area contributed by atoms with Gasteiger partial charge in [0, 0.05) is 0 Å². The van der Waals surface area contributed by atoms with E-state index in [1.165, 1.54) is 12.5 Å². The molecule has 8 nitrogen and oxygen atoms in total. The zero-order valence-corrected chi connectivity index (χ0v) is 9.40. The van der Waals surface area contributed by atoms with Crippen LogP contribution >= 0.6 is 0 Å². The predicted octanol–water partition coefficient (Wildman–Crippen LogP) is 0.562. The molecular formula is C10H12O8. The lowest BCUT2D eigenvalue weighted by atomic mass is 10.4. The SMILES string of the molecule is O=C1OCC(COC=COCC2COC(=O)O2)O1. The third-order valence-electron chi connectivity index (χ3n) is 2.11. The van der Waals surface area contributed by atoms with E-state index < -0.39 is 24.5 Å². The van der Waals surface area contributed by atoms with Crippen LogP contribution in [0.4, 0.5) is 9.59 Å². The molecule has 0 aromatic carbocycles. The first-order valence-corrected chi connectivity index (χ1v) is 5.29. The van der Waals surface area contributed by atoms with Crippen LogP contribution < -0.4 is 0 Å². The largest absolute Gasteiger partial charge is 0.508 e. The van der Waals surface area contributed by atoms with E-state index in [0.29, 0.717) is 0 Å². The van der Waals surface area contributed by atoms with Gasteiger partial charge in [0.1, 0.15) is 39.0 Å². The molecule has 0 aromatic heterocycles. The molecule has 2 saturated heterocycles. The van der Waals surface area contributed by atoms with Crippen molar-refractivity contribution >= 4 is 12.3 Å². The van der Waals surface area contributed by atoms with E-state index >= 15 is 0 Å². The van der Waals surface area contributed by atoms with Gasteiger partial charge in [0.15, 0.2) is 12.2 Å². The lowest BCUT2D eigenvalue weighted by molar-refractivity contribution is 0.0724. The Morgan fingerprint density at radius 1 is 0.944 bits per heavy atom. The van der Waals surface area contributed by atoms with Gasteiger partial charge in [-0.25, -0.2) is 9.59 Å². The first-order valence-electron chi connectivity index (χ1n) is 5.29. The van der Waals surface area contributed by atoms with Gasteiger partial charge in [-0.3, -0.25) is 0 Å². The third kappa shape index (κ3) is 3.72. The van der Waals surface area contributed by atoms with Gasteiger partial charge in [-0.1, -0.05) is 0 Å². The molecule has 0 aliphatic carbocycles. The van der Waals surface area contributed by atoms with Gasteiger partial charge < -0.3 is 28.4 Å². The maximum Gasteiger partial charge on any atom is 0.508 e. The number of carbonyl (C=O) groups excluding carboxylic acids is 2. The van der Waals surface area contributed by atoms with Gasteiger partial charge in [-0.15, -0.1) is 0 Å². The van der Waals surface area contributed by atoms with Gasteiger partial charge in [0.05, 0.1) is 0 Å². The van der Waals surface area contributed by atoms with Gasteiger partial charge in [0.25, 0.3) is 0 Å². The number of rotatable bonds is 6. The number of cyclic esters (lactones) is 4. The van der Waals surface area contributed by atoms with E-state index in [-0.39, 0.29) is 26.4 Å². The molecule has 0 amide bonds. The fourth-order valence-corrected chi connectivity index (χ4v) is 1.30. The Morgan fingerprint density at radius 3 is 1.72 bits per heavy atom. The quantitative estimate of drug-likeness (QED) is 0.505. The van der Waals surface area contributed by atoms with Gasteiger partial charge >= 0.3 is 12.3 Å². The van der Waals surface area contributed by atoms with Crippen LogP contribution in [-0.4, -0.2) is 50.9 Å². The maximum atomic E-state index is 10.6. The molecule has 100 valence electrons. The van der Waals surface area contributed by atoms with Crippen molar-refractivity contribution < 1.29 is 38.0 Å². The van der Waals surface area contributed by atoms with E-state index in [4.69, 9.17) is 18.9 Å². The minimum atomic E-state index is -0.688. The molecule has 0 saturated carbocycles. The highest BCUT2D eigenvalue weighted by Gasteiger charge is 2.25. The van der Waals surface area contributed by atoms with Crippen molar-refractivity contribution in [2.24, 2.45) is 0 Å². The summed E-state index contributed by atoms with van der Waals surface area (Å²) in [6, 6.07) is 0. The number of carbonyl (C=O) groups is 2. The Kier molecular flexibility index (Phi) is 4.11. The molecule has 0 spiro atoms. The number of hydrogen-bond donors (Lipinski definition) is 0. The molecule has 0 N–H and O–H groups in total. The van der Waals surface area contributed by atoms with E-state index in [1.54, 1.807) is 0 Å². The summed E-state index contributed by atoms with van der Waals surface area (Å²) in [7, 11) is 0. The molecule has 18 heavy (non-hydrogen) atoms. The molecule has 0 aromatic rings. The second-order valence-corrected chi connectivity index (χ2v) is 3.54. The number of hydrogen-bond acceptors (Lipinski definition) is 8. The Bertz CT molecular complexity index is 307. The fraction of sp³-hybridized carbons (Fsp3) is 0.600. The molecule has 2 aliphatic heterocycles. The molecule has 0 radical (unpaired) electrons. The van der Waals surface area contributed by atoms with E-state index in [9.17, 15) is 9.59 Å². The van der Waals surface area contributed by atoms with Gasteiger partial charge in [-0.05, 0) is 0 Å². The van der Waals surface area contributed by atoms with Crippen LogP contribution in [0.3, 0.4) is 0 Å². The summed E-state index contributed by atoms with van der Waals surface area (Å²) in [5, 5.41) is 0. The molecule has 2 rings (SSSR count). The first kappa shape index (κ1) is 12.3. The van der Waals surface area contributed by atoms with Crippen molar-refractivity contribution in [1.82, 2.24) is 0 Å². The maximum absolute atomic E-state index is 10.6. The lowest BCUT2D eigenvalue weighted by Gasteiger charge is -2.06. The minimum absolute atomic E-state index is 0.183. The topological polar surface area (TPSA) is 89.5 Å². The van der Waals surface area contributed by atoms with Crippen molar-refractivity contribution in [2.75, 3.05) is 26.4 Å². The normalized spacial score (nSPS) is 26.4. The standard InChI is InChI=1S/C10H12O8/c11-9-15-5-7(17-9)3-13-1-2-14-4-8-6-16-10(12)18-8/h1-2,7-8H,3-6H2. The van der Waals surface area contributed by atoms with Crippen molar-refractivity contribution in [3.63, 3.8) is 0 Å². The van der Waals surface area contributed by atoms with Crippen LogP contribution in [0.15, 0.2) is 12.5 Å². The monoisotopic (exact) mass is 260 g/mol. The van der Waals surface area contributed by atoms with Crippen LogP contribution in [0, 0.1) is 0 Å². The zero-order chi connectivity index (χ0) is 12.8. The lowest BCUT2D eigenvalue weighted by Crippen LogP contribution is -2.17. The molecule has 2 fully saturated rings. The summed E-state index contributed by atoms with van der Waals surface area (Å²) >= 11 is 0. The van der Waals surface area contributed by atoms with Crippen LogP contribution in [0.2, 0.25) is 0 Å². The summed E-state index contributed by atoms with van der Waals surface area (Å²) in [6.45, 7) is 0.742. The molecule has 2 unspecified atom stereocenters. The van der Waals surface area contributed by atoms with Crippen molar-refractivity contribution in [2.45, 2.75) is 12.2 Å². The molecule has 2 atom stereocenters. The summed E-state index contributed by atoms with van der Waals surface area (Å²) in [6.07, 6.45) is 0.449. The molecule has 2 aliphatic rings. The molecular weight excluding hydrogens is 248 g/mol. The van der Waals surface area contributed by atoms with Gasteiger partial charge in [-0.2, -0.15) is 0 Å². The number of ether oxygens (including phenoxy) is 6. The average Bonchev–Trinajstić information content (AvgIpc) is 2.93. The van der Waals surface area contributed by atoms with Crippen molar-refractivity contribution in [3.05, 3.63) is 12.5 Å². The van der Waals surface area contributed by atoms with Gasteiger partial charge in [0.2, 0.25) is 0 Å². The van der Waals surface area contributed by atoms with Crippen LogP contribution in [0.1, 0.15) is 0 Å². The molecule has 0 bridgehead atoms. The van der Waals surface area contributed by atoms with Crippen molar-refractivity contribution in [3.8, 4) is 0 Å². The second kappa shape index (κ2) is 5.99. The second-order valence-electron chi connectivity index (χ2n) is 3.54. The Hall–Kier alpha value is -2.12. The average molecular weight is 260 g/mol. The Balaban J connectivity index is 1.50. The van der Waals surface area contributed by atoms with E-state index in [0.717, 1.165) is 0 Å². The fourth-order valence-electron chi connectivity index (χ4n) is 1.30. The highest BCUT2D eigenvalue weighted by atomic mass is 16.8. The summed E-state index contributed by atoms with van der Waals surface area (Å²) in [4.78, 5) is 21.1. The van der Waals surface area contributed by atoms with Crippen LogP contribution in [0.5, 0.6) is 0 Å². The molecule has 8 heteroatoms. The third-order valence-corrected chi connectivity index (χ3v) is 2.11. The Morgan fingerprint density at radius 2 is 1.39 bits per heavy atom. The summed E-state index contributed by atoms with van der Waals surface area (Å²) < 4.78 is 28.7. The Labute approximate surface area is 102 Å². The predicted molar refractivity (Wildman–Crippen MR) is 53.5 cm³/mol. The van der Waals surface area contributed by atoms with E-state index in [1.807, 2.05) is 0 Å². The van der Waals surface area contributed by atoms with Crippen LogP contribution in [-0.2, 0) is 28.4 Å². The highest BCUT2D eigenvalue weighted by Crippen LogP contribution is 2.07. The highest BCUT2D eigenvalue weighted by molar-refractivity contribution is 5.62. The minimum Gasteiger partial charge on any atom is -0.494 e. The molecule has 2 heterocycles. The smallest absolute Gasteiger partial charge is 0.494 e.